The minimum absolute atomic E-state index is 0.688. The van der Waals surface area contributed by atoms with Crippen molar-refractivity contribution in [1.82, 2.24) is 4.98 Å². The number of anilines is 1. The van der Waals surface area contributed by atoms with Crippen LogP contribution < -0.4 is 11.1 Å². The van der Waals surface area contributed by atoms with Gasteiger partial charge in [-0.15, -0.1) is 0 Å². The lowest BCUT2D eigenvalue weighted by atomic mass is 9.96. The summed E-state index contributed by atoms with van der Waals surface area (Å²) in [6.45, 7) is 1.81. The van der Waals surface area contributed by atoms with Gasteiger partial charge in [0.25, 0.3) is 0 Å². The highest BCUT2D eigenvalue weighted by Gasteiger charge is 2.25. The number of nitrogens with two attached hydrogens (primary N) is 1. The van der Waals surface area contributed by atoms with E-state index in [1.54, 1.807) is 0 Å². The van der Waals surface area contributed by atoms with Gasteiger partial charge in [0, 0.05) is 11.9 Å². The Morgan fingerprint density at radius 1 is 1.11 bits per heavy atom. The number of nitrogens with one attached hydrogen (secondary N) is 1. The molecule has 3 nitrogen and oxygen atoms in total. The van der Waals surface area contributed by atoms with Crippen LogP contribution in [0.2, 0.25) is 0 Å². The standard InChI is InChI=1S/C16H21N3/c17-10-13-5-3-6-14(13)11-18-16-9-8-12-4-1-2-7-15(12)19-16/h1-2,4,7-9,13-14H,3,5-6,10-11,17H2,(H,18,19). The lowest BCUT2D eigenvalue weighted by Crippen LogP contribution is -2.24. The molecule has 19 heavy (non-hydrogen) atoms. The molecule has 0 radical (unpaired) electrons. The van der Waals surface area contributed by atoms with E-state index in [1.807, 2.05) is 12.1 Å². The quantitative estimate of drug-likeness (QED) is 0.883. The van der Waals surface area contributed by atoms with Gasteiger partial charge in [-0.1, -0.05) is 24.6 Å². The predicted molar refractivity (Wildman–Crippen MR) is 80.1 cm³/mol. The molecule has 100 valence electrons. The third kappa shape index (κ3) is 2.71. The summed E-state index contributed by atoms with van der Waals surface area (Å²) < 4.78 is 0. The van der Waals surface area contributed by atoms with E-state index in [4.69, 9.17) is 5.73 Å². The van der Waals surface area contributed by atoms with Gasteiger partial charge in [0.1, 0.15) is 5.82 Å². The van der Waals surface area contributed by atoms with Crippen molar-refractivity contribution in [2.45, 2.75) is 19.3 Å². The Morgan fingerprint density at radius 3 is 2.84 bits per heavy atom. The zero-order chi connectivity index (χ0) is 13.1. The first-order valence-electron chi connectivity index (χ1n) is 7.16. The fraction of sp³-hybridized carbons (Fsp3) is 0.438. The maximum Gasteiger partial charge on any atom is 0.126 e. The van der Waals surface area contributed by atoms with Crippen LogP contribution in [0.4, 0.5) is 5.82 Å². The highest BCUT2D eigenvalue weighted by Crippen LogP contribution is 2.31. The molecule has 3 heteroatoms. The second-order valence-corrected chi connectivity index (χ2v) is 5.46. The molecule has 1 aromatic heterocycles. The van der Waals surface area contributed by atoms with E-state index >= 15 is 0 Å². The Labute approximate surface area is 114 Å². The van der Waals surface area contributed by atoms with Gasteiger partial charge in [-0.3, -0.25) is 0 Å². The number of pyridine rings is 1. The SMILES string of the molecule is NCC1CCCC1CNc1ccc2ccccc2n1. The predicted octanol–water partition coefficient (Wildman–Crippen LogP) is 3.02. The Hall–Kier alpha value is -1.61. The third-order valence-electron chi connectivity index (χ3n) is 4.26. The van der Waals surface area contributed by atoms with E-state index in [2.05, 4.69) is 34.6 Å². The van der Waals surface area contributed by atoms with Crippen LogP contribution >= 0.6 is 0 Å². The van der Waals surface area contributed by atoms with Crippen molar-refractivity contribution < 1.29 is 0 Å². The summed E-state index contributed by atoms with van der Waals surface area (Å²) in [7, 11) is 0. The summed E-state index contributed by atoms with van der Waals surface area (Å²) in [5.74, 6) is 2.37. The third-order valence-corrected chi connectivity index (χ3v) is 4.26. The van der Waals surface area contributed by atoms with Crippen LogP contribution in [0.5, 0.6) is 0 Å². The maximum atomic E-state index is 5.82. The molecule has 1 aliphatic rings. The van der Waals surface area contributed by atoms with Crippen molar-refractivity contribution in [3.63, 3.8) is 0 Å². The molecule has 1 aliphatic carbocycles. The van der Waals surface area contributed by atoms with E-state index < -0.39 is 0 Å². The molecule has 0 spiro atoms. The first-order valence-corrected chi connectivity index (χ1v) is 7.16. The fourth-order valence-corrected chi connectivity index (χ4v) is 3.09. The van der Waals surface area contributed by atoms with Crippen LogP contribution in [0, 0.1) is 11.8 Å². The molecular weight excluding hydrogens is 234 g/mol. The van der Waals surface area contributed by atoms with Crippen LogP contribution in [0.3, 0.4) is 0 Å². The number of hydrogen-bond acceptors (Lipinski definition) is 3. The van der Waals surface area contributed by atoms with E-state index in [-0.39, 0.29) is 0 Å². The van der Waals surface area contributed by atoms with Crippen LogP contribution in [0.15, 0.2) is 36.4 Å². The Bertz CT molecular complexity index is 552. The van der Waals surface area contributed by atoms with Gasteiger partial charge < -0.3 is 11.1 Å². The van der Waals surface area contributed by atoms with Crippen LogP contribution in [0.25, 0.3) is 10.9 Å². The normalized spacial score (nSPS) is 22.8. The van der Waals surface area contributed by atoms with Crippen molar-refractivity contribution in [2.75, 3.05) is 18.4 Å². The van der Waals surface area contributed by atoms with Crippen molar-refractivity contribution in [3.8, 4) is 0 Å². The topological polar surface area (TPSA) is 50.9 Å². The second-order valence-electron chi connectivity index (χ2n) is 5.46. The van der Waals surface area contributed by atoms with E-state index in [0.29, 0.717) is 11.8 Å². The minimum atomic E-state index is 0.688. The summed E-state index contributed by atoms with van der Waals surface area (Å²) >= 11 is 0. The van der Waals surface area contributed by atoms with Crippen molar-refractivity contribution in [2.24, 2.45) is 17.6 Å². The van der Waals surface area contributed by atoms with Gasteiger partial charge in [0.2, 0.25) is 0 Å². The highest BCUT2D eigenvalue weighted by molar-refractivity contribution is 5.79. The van der Waals surface area contributed by atoms with Gasteiger partial charge in [-0.25, -0.2) is 4.98 Å². The summed E-state index contributed by atoms with van der Waals surface area (Å²) in [5, 5.41) is 4.67. The summed E-state index contributed by atoms with van der Waals surface area (Å²) in [6, 6.07) is 12.4. The average molecular weight is 255 g/mol. The zero-order valence-electron chi connectivity index (χ0n) is 11.2. The summed E-state index contributed by atoms with van der Waals surface area (Å²) in [5.41, 5.74) is 6.87. The number of hydrogen-bond donors (Lipinski definition) is 2. The highest BCUT2D eigenvalue weighted by atomic mass is 15.0. The summed E-state index contributed by atoms with van der Waals surface area (Å²) in [4.78, 5) is 4.64. The first-order chi connectivity index (χ1) is 9.36. The van der Waals surface area contributed by atoms with Crippen molar-refractivity contribution in [1.29, 1.82) is 0 Å². The molecule has 0 saturated heterocycles. The molecule has 3 N–H and O–H groups in total. The Kier molecular flexibility index (Phi) is 3.65. The number of aromatic nitrogens is 1. The van der Waals surface area contributed by atoms with E-state index in [0.717, 1.165) is 24.4 Å². The fourth-order valence-electron chi connectivity index (χ4n) is 3.09. The molecule has 3 rings (SSSR count). The molecule has 1 aromatic carbocycles. The monoisotopic (exact) mass is 255 g/mol. The Morgan fingerprint density at radius 2 is 1.95 bits per heavy atom. The zero-order valence-corrected chi connectivity index (χ0v) is 11.2. The van der Waals surface area contributed by atoms with Crippen LogP contribution in [-0.4, -0.2) is 18.1 Å². The summed E-state index contributed by atoms with van der Waals surface area (Å²) in [6.07, 6.45) is 3.90. The molecule has 1 fully saturated rings. The minimum Gasteiger partial charge on any atom is -0.370 e. The molecule has 2 aromatic rings. The van der Waals surface area contributed by atoms with E-state index in [1.165, 1.54) is 24.6 Å². The molecule has 0 amide bonds. The molecule has 1 heterocycles. The van der Waals surface area contributed by atoms with Crippen LogP contribution in [-0.2, 0) is 0 Å². The number of fused-ring (bicyclic) bond motifs is 1. The maximum absolute atomic E-state index is 5.82. The lowest BCUT2D eigenvalue weighted by Gasteiger charge is -2.18. The van der Waals surface area contributed by atoms with E-state index in [9.17, 15) is 0 Å². The molecule has 1 saturated carbocycles. The Balaban J connectivity index is 1.68. The average Bonchev–Trinajstić information content (AvgIpc) is 2.92. The lowest BCUT2D eigenvalue weighted by molar-refractivity contribution is 0.414. The number of nitrogens with zero attached hydrogens (tertiary/aromatic N) is 1. The molecule has 0 bridgehead atoms. The first kappa shape index (κ1) is 12.4. The molecule has 0 aliphatic heterocycles. The van der Waals surface area contributed by atoms with Gasteiger partial charge in [-0.2, -0.15) is 0 Å². The number of benzene rings is 1. The second kappa shape index (κ2) is 5.57. The molecule has 2 unspecified atom stereocenters. The smallest absolute Gasteiger partial charge is 0.126 e. The molecule has 2 atom stereocenters. The largest absolute Gasteiger partial charge is 0.370 e. The van der Waals surface area contributed by atoms with Gasteiger partial charge >= 0.3 is 0 Å². The number of para-hydroxylation sites is 1. The number of rotatable bonds is 4. The van der Waals surface area contributed by atoms with Crippen LogP contribution in [0.1, 0.15) is 19.3 Å². The van der Waals surface area contributed by atoms with Crippen molar-refractivity contribution in [3.05, 3.63) is 36.4 Å². The van der Waals surface area contributed by atoms with Crippen molar-refractivity contribution >= 4 is 16.7 Å². The van der Waals surface area contributed by atoms with Gasteiger partial charge in [-0.05, 0) is 49.4 Å². The van der Waals surface area contributed by atoms with Gasteiger partial charge in [0.05, 0.1) is 5.52 Å². The molecular formula is C16H21N3. The van der Waals surface area contributed by atoms with Gasteiger partial charge in [0.15, 0.2) is 0 Å².